The number of aromatic nitrogens is 2. The highest BCUT2D eigenvalue weighted by molar-refractivity contribution is 5.85. The van der Waals surface area contributed by atoms with E-state index in [0.717, 1.165) is 48.0 Å². The number of ether oxygens (including phenoxy) is 4. The zero-order chi connectivity index (χ0) is 19.0. The summed E-state index contributed by atoms with van der Waals surface area (Å²) in [4.78, 5) is 10.4. The number of H-pyrrole nitrogens is 1. The predicted molar refractivity (Wildman–Crippen MR) is 111 cm³/mol. The van der Waals surface area contributed by atoms with Crippen LogP contribution in [0, 0.1) is 0 Å². The van der Waals surface area contributed by atoms with Gasteiger partial charge in [-0.25, -0.2) is 4.98 Å². The molecule has 0 amide bonds. The number of aromatic amines is 1. The van der Waals surface area contributed by atoms with Gasteiger partial charge in [0.1, 0.15) is 0 Å². The second-order valence-corrected chi connectivity index (χ2v) is 6.43. The quantitative estimate of drug-likeness (QED) is 0.699. The standard InChI is InChI=1S/C20H23N3O4.ClH/c1-24-16-7-12-5-6-23(11-13(12)8-17(16)25-2)20-21-14-9-18(26-3)19(27-4)10-15(14)22-20;/h7-10H,5-6,11H2,1-4H3,(H,21,22);1H. The van der Waals surface area contributed by atoms with Gasteiger partial charge in [-0.05, 0) is 29.7 Å². The van der Waals surface area contributed by atoms with Gasteiger partial charge in [0.2, 0.25) is 5.95 Å². The van der Waals surface area contributed by atoms with Crippen LogP contribution >= 0.6 is 12.4 Å². The summed E-state index contributed by atoms with van der Waals surface area (Å²) in [6.45, 7) is 1.63. The van der Waals surface area contributed by atoms with Crippen molar-refractivity contribution in [3.05, 3.63) is 35.4 Å². The Bertz CT molecular complexity index is 948. The van der Waals surface area contributed by atoms with Gasteiger partial charge >= 0.3 is 0 Å². The van der Waals surface area contributed by atoms with Gasteiger partial charge in [0.25, 0.3) is 0 Å². The first-order chi connectivity index (χ1) is 13.2. The Balaban J connectivity index is 0.00000225. The Morgan fingerprint density at radius 3 is 2.04 bits per heavy atom. The van der Waals surface area contributed by atoms with Crippen LogP contribution in [-0.2, 0) is 13.0 Å². The first-order valence-corrected chi connectivity index (χ1v) is 8.77. The third-order valence-electron chi connectivity index (χ3n) is 4.99. The van der Waals surface area contributed by atoms with Crippen LogP contribution in [0.2, 0.25) is 0 Å². The van der Waals surface area contributed by atoms with E-state index < -0.39 is 0 Å². The molecule has 150 valence electrons. The van der Waals surface area contributed by atoms with Gasteiger partial charge in [-0.2, -0.15) is 0 Å². The first kappa shape index (κ1) is 19.9. The summed E-state index contributed by atoms with van der Waals surface area (Å²) in [5.41, 5.74) is 4.26. The Kier molecular flexibility index (Phi) is 5.74. The average Bonchev–Trinajstić information content (AvgIpc) is 3.13. The Morgan fingerprint density at radius 2 is 1.39 bits per heavy atom. The van der Waals surface area contributed by atoms with Crippen LogP contribution in [0.1, 0.15) is 11.1 Å². The molecule has 1 aliphatic heterocycles. The number of rotatable bonds is 5. The molecule has 0 aliphatic carbocycles. The summed E-state index contributed by atoms with van der Waals surface area (Å²) in [6.07, 6.45) is 0.916. The highest BCUT2D eigenvalue weighted by atomic mass is 35.5. The summed E-state index contributed by atoms with van der Waals surface area (Å²) in [5.74, 6) is 3.70. The molecule has 3 aromatic rings. The third-order valence-corrected chi connectivity index (χ3v) is 4.99. The van der Waals surface area contributed by atoms with Crippen LogP contribution in [0.15, 0.2) is 24.3 Å². The van der Waals surface area contributed by atoms with Crippen molar-refractivity contribution in [2.24, 2.45) is 0 Å². The zero-order valence-corrected chi connectivity index (χ0v) is 17.2. The van der Waals surface area contributed by atoms with E-state index in [1.807, 2.05) is 12.1 Å². The van der Waals surface area contributed by atoms with Crippen LogP contribution in [0.25, 0.3) is 11.0 Å². The Morgan fingerprint density at radius 1 is 0.821 bits per heavy atom. The molecular formula is C20H24ClN3O4. The Labute approximate surface area is 170 Å². The molecule has 28 heavy (non-hydrogen) atoms. The third kappa shape index (κ3) is 3.38. The van der Waals surface area contributed by atoms with Crippen LogP contribution in [0.3, 0.4) is 0 Å². The summed E-state index contributed by atoms with van der Waals surface area (Å²) in [5, 5.41) is 0. The van der Waals surface area contributed by atoms with E-state index in [-0.39, 0.29) is 12.4 Å². The van der Waals surface area contributed by atoms with Crippen molar-refractivity contribution in [1.29, 1.82) is 0 Å². The number of imidazole rings is 1. The number of hydrogen-bond acceptors (Lipinski definition) is 6. The van der Waals surface area contributed by atoms with E-state index in [2.05, 4.69) is 22.0 Å². The van der Waals surface area contributed by atoms with Crippen molar-refractivity contribution >= 4 is 29.4 Å². The molecule has 0 saturated carbocycles. The van der Waals surface area contributed by atoms with Gasteiger partial charge in [0, 0.05) is 25.2 Å². The molecule has 0 atom stereocenters. The predicted octanol–water partition coefficient (Wildman–Crippen LogP) is 3.58. The number of methoxy groups -OCH3 is 4. The second kappa shape index (κ2) is 8.06. The van der Waals surface area contributed by atoms with Gasteiger partial charge in [-0.1, -0.05) is 0 Å². The first-order valence-electron chi connectivity index (χ1n) is 8.77. The smallest absolute Gasteiger partial charge is 0.204 e. The van der Waals surface area contributed by atoms with Crippen LogP contribution in [0.5, 0.6) is 23.0 Å². The molecular weight excluding hydrogens is 382 g/mol. The highest BCUT2D eigenvalue weighted by Crippen LogP contribution is 2.35. The van der Waals surface area contributed by atoms with Crippen LogP contribution in [0.4, 0.5) is 5.95 Å². The lowest BCUT2D eigenvalue weighted by Gasteiger charge is -2.29. The fourth-order valence-electron chi connectivity index (χ4n) is 3.54. The largest absolute Gasteiger partial charge is 0.493 e. The molecule has 1 aromatic heterocycles. The number of fused-ring (bicyclic) bond motifs is 2. The van der Waals surface area contributed by atoms with Crippen molar-refractivity contribution < 1.29 is 18.9 Å². The molecule has 2 aromatic carbocycles. The van der Waals surface area contributed by atoms with Gasteiger partial charge < -0.3 is 28.8 Å². The summed E-state index contributed by atoms with van der Waals surface area (Å²) in [7, 11) is 6.58. The maximum Gasteiger partial charge on any atom is 0.204 e. The van der Waals surface area contributed by atoms with Gasteiger partial charge in [0.15, 0.2) is 23.0 Å². The Hall–Kier alpha value is -2.80. The number of benzene rings is 2. The van der Waals surface area contributed by atoms with Crippen molar-refractivity contribution in [1.82, 2.24) is 9.97 Å². The number of nitrogens with zero attached hydrogens (tertiary/aromatic N) is 2. The normalized spacial score (nSPS) is 12.9. The fraction of sp³-hybridized carbons (Fsp3) is 0.350. The molecule has 4 rings (SSSR count). The molecule has 0 bridgehead atoms. The van der Waals surface area contributed by atoms with E-state index >= 15 is 0 Å². The molecule has 0 saturated heterocycles. The van der Waals surface area contributed by atoms with Gasteiger partial charge in [0.05, 0.1) is 39.5 Å². The van der Waals surface area contributed by atoms with Crippen molar-refractivity contribution in [2.45, 2.75) is 13.0 Å². The molecule has 0 fully saturated rings. The van der Waals surface area contributed by atoms with E-state index in [9.17, 15) is 0 Å². The molecule has 0 spiro atoms. The number of nitrogens with one attached hydrogen (secondary N) is 1. The molecule has 1 N–H and O–H groups in total. The fourth-order valence-corrected chi connectivity index (χ4v) is 3.54. The maximum absolute atomic E-state index is 5.45. The monoisotopic (exact) mass is 405 g/mol. The lowest BCUT2D eigenvalue weighted by atomic mass is 9.99. The minimum atomic E-state index is 0. The number of anilines is 1. The van der Waals surface area contributed by atoms with Crippen LogP contribution in [-0.4, -0.2) is 45.0 Å². The number of halogens is 1. The maximum atomic E-state index is 5.45. The second-order valence-electron chi connectivity index (χ2n) is 6.43. The average molecular weight is 406 g/mol. The lowest BCUT2D eigenvalue weighted by molar-refractivity contribution is 0.353. The van der Waals surface area contributed by atoms with Gasteiger partial charge in [-0.15, -0.1) is 12.4 Å². The van der Waals surface area contributed by atoms with E-state index in [1.54, 1.807) is 28.4 Å². The molecule has 1 aliphatic rings. The lowest BCUT2D eigenvalue weighted by Crippen LogP contribution is -2.31. The SMILES string of the molecule is COc1cc2c(cc1OC)CN(c1nc3cc(OC)c(OC)cc3[nH]1)CC2.Cl. The molecule has 0 unspecified atom stereocenters. The molecule has 0 radical (unpaired) electrons. The van der Waals surface area contributed by atoms with E-state index in [1.165, 1.54) is 11.1 Å². The minimum absolute atomic E-state index is 0. The summed E-state index contributed by atoms with van der Waals surface area (Å²) >= 11 is 0. The summed E-state index contributed by atoms with van der Waals surface area (Å²) in [6, 6.07) is 7.92. The van der Waals surface area contributed by atoms with Crippen molar-refractivity contribution in [3.8, 4) is 23.0 Å². The van der Waals surface area contributed by atoms with Crippen molar-refractivity contribution in [3.63, 3.8) is 0 Å². The molecule has 2 heterocycles. The number of hydrogen-bond donors (Lipinski definition) is 1. The van der Waals surface area contributed by atoms with E-state index in [4.69, 9.17) is 23.9 Å². The highest BCUT2D eigenvalue weighted by Gasteiger charge is 2.22. The van der Waals surface area contributed by atoms with Crippen molar-refractivity contribution in [2.75, 3.05) is 39.9 Å². The van der Waals surface area contributed by atoms with E-state index in [0.29, 0.717) is 11.5 Å². The summed E-state index contributed by atoms with van der Waals surface area (Å²) < 4.78 is 21.6. The topological polar surface area (TPSA) is 68.8 Å². The molecule has 7 nitrogen and oxygen atoms in total. The zero-order valence-electron chi connectivity index (χ0n) is 16.4. The minimum Gasteiger partial charge on any atom is -0.493 e. The van der Waals surface area contributed by atoms with Crippen LogP contribution < -0.4 is 23.8 Å². The van der Waals surface area contributed by atoms with Gasteiger partial charge in [-0.3, -0.25) is 0 Å². The molecule has 8 heteroatoms.